The Bertz CT molecular complexity index is 1370. The number of hydrogen-bond donors (Lipinski definition) is 2. The molecule has 2 amide bonds. The van der Waals surface area contributed by atoms with Gasteiger partial charge in [-0.25, -0.2) is 4.79 Å². The average Bonchev–Trinajstić information content (AvgIpc) is 2.99. The largest absolute Gasteiger partial charge is 0.460 e. The molecule has 2 N–H and O–H groups in total. The molecule has 0 bridgehead atoms. The van der Waals surface area contributed by atoms with Gasteiger partial charge in [-0.3, -0.25) is 14.4 Å². The van der Waals surface area contributed by atoms with Gasteiger partial charge in [0.05, 0.1) is 19.3 Å². The van der Waals surface area contributed by atoms with Gasteiger partial charge in [0.2, 0.25) is 5.91 Å². The lowest BCUT2D eigenvalue weighted by atomic mass is 9.82. The van der Waals surface area contributed by atoms with Crippen molar-refractivity contribution in [1.82, 2.24) is 10.6 Å². The number of carbonyl (C=O) groups is 4. The molecular weight excluding hydrogens is 560 g/mol. The normalized spacial score (nSPS) is 12.8. The lowest BCUT2D eigenvalue weighted by Crippen LogP contribution is -2.57. The molecule has 0 spiro atoms. The molecule has 0 unspecified atom stereocenters. The van der Waals surface area contributed by atoms with E-state index in [9.17, 15) is 19.2 Å². The van der Waals surface area contributed by atoms with Crippen molar-refractivity contribution in [2.75, 3.05) is 6.61 Å². The zero-order valence-electron chi connectivity index (χ0n) is 26.0. The topological polar surface area (TPSA) is 120 Å². The summed E-state index contributed by atoms with van der Waals surface area (Å²) in [4.78, 5) is 53.4. The van der Waals surface area contributed by atoms with Crippen molar-refractivity contribution in [3.8, 4) is 0 Å². The van der Waals surface area contributed by atoms with E-state index in [-0.39, 0.29) is 26.2 Å². The second-order valence-corrected chi connectivity index (χ2v) is 12.0. The molecule has 2 atom stereocenters. The molecule has 0 aliphatic heterocycles. The smallest absolute Gasteiger partial charge is 0.408 e. The van der Waals surface area contributed by atoms with Gasteiger partial charge in [-0.15, -0.1) is 0 Å². The Morgan fingerprint density at radius 1 is 0.659 bits per heavy atom. The van der Waals surface area contributed by atoms with Gasteiger partial charge >= 0.3 is 12.1 Å². The SMILES string of the molecule is CC(C)(C)OC(=O)N[C@@H](COCc1ccccc1)C(=O)N[C@@H](Cc1ccccc1)C(=O)C(C)(C)C(=O)OCc1ccccc1. The van der Waals surface area contributed by atoms with Crippen LogP contribution in [-0.4, -0.2) is 48.0 Å². The maximum Gasteiger partial charge on any atom is 0.408 e. The summed E-state index contributed by atoms with van der Waals surface area (Å²) in [5, 5.41) is 5.34. The van der Waals surface area contributed by atoms with Crippen LogP contribution in [0, 0.1) is 5.41 Å². The number of Topliss-reactive ketones (excluding diaryl/α,β-unsaturated/α-hetero) is 1. The quantitative estimate of drug-likeness (QED) is 0.193. The van der Waals surface area contributed by atoms with E-state index in [0.29, 0.717) is 0 Å². The summed E-state index contributed by atoms with van der Waals surface area (Å²) in [5.41, 5.74) is 0.0592. The molecule has 9 nitrogen and oxygen atoms in total. The number of alkyl carbamates (subject to hydrolysis) is 1. The summed E-state index contributed by atoms with van der Waals surface area (Å²) in [5.74, 6) is -1.91. The Labute approximate surface area is 259 Å². The minimum absolute atomic E-state index is 0.00668. The number of amides is 2. The van der Waals surface area contributed by atoms with Crippen molar-refractivity contribution in [2.24, 2.45) is 5.41 Å². The molecule has 0 fully saturated rings. The van der Waals surface area contributed by atoms with Crippen LogP contribution in [0.3, 0.4) is 0 Å². The number of ketones is 1. The first-order valence-corrected chi connectivity index (χ1v) is 14.6. The fraction of sp³-hybridized carbons (Fsp3) is 0.371. The van der Waals surface area contributed by atoms with Gasteiger partial charge in [0.1, 0.15) is 23.7 Å². The predicted molar refractivity (Wildman–Crippen MR) is 166 cm³/mol. The van der Waals surface area contributed by atoms with Crippen molar-refractivity contribution < 1.29 is 33.4 Å². The van der Waals surface area contributed by atoms with Crippen molar-refractivity contribution in [3.63, 3.8) is 0 Å². The molecule has 3 aromatic rings. The summed E-state index contributed by atoms with van der Waals surface area (Å²) >= 11 is 0. The van der Waals surface area contributed by atoms with Gasteiger partial charge < -0.3 is 24.8 Å². The van der Waals surface area contributed by atoms with E-state index >= 15 is 0 Å². The summed E-state index contributed by atoms with van der Waals surface area (Å²) in [7, 11) is 0. The van der Waals surface area contributed by atoms with Gasteiger partial charge in [-0.2, -0.15) is 0 Å². The van der Waals surface area contributed by atoms with Crippen LogP contribution in [0.1, 0.15) is 51.3 Å². The molecule has 9 heteroatoms. The van der Waals surface area contributed by atoms with Crippen LogP contribution in [0.15, 0.2) is 91.0 Å². The number of carbonyl (C=O) groups excluding carboxylic acids is 4. The molecule has 0 heterocycles. The number of nitrogens with one attached hydrogen (secondary N) is 2. The molecule has 3 aromatic carbocycles. The number of ether oxygens (including phenoxy) is 3. The zero-order chi connectivity index (χ0) is 32.2. The Balaban J connectivity index is 1.79. The van der Waals surface area contributed by atoms with Crippen LogP contribution >= 0.6 is 0 Å². The van der Waals surface area contributed by atoms with E-state index in [1.165, 1.54) is 13.8 Å². The van der Waals surface area contributed by atoms with Crippen molar-refractivity contribution in [2.45, 2.75) is 71.9 Å². The number of esters is 1. The maximum absolute atomic E-state index is 13.9. The summed E-state index contributed by atoms with van der Waals surface area (Å²) < 4.78 is 16.6. The van der Waals surface area contributed by atoms with Crippen molar-refractivity contribution in [3.05, 3.63) is 108 Å². The number of benzene rings is 3. The third kappa shape index (κ3) is 11.0. The highest BCUT2D eigenvalue weighted by Crippen LogP contribution is 2.24. The lowest BCUT2D eigenvalue weighted by Gasteiger charge is -2.29. The number of hydrogen-bond acceptors (Lipinski definition) is 7. The second-order valence-electron chi connectivity index (χ2n) is 12.0. The molecule has 0 aromatic heterocycles. The van der Waals surface area contributed by atoms with Gasteiger partial charge in [-0.05, 0) is 57.7 Å². The van der Waals surface area contributed by atoms with Crippen LogP contribution in [0.25, 0.3) is 0 Å². The van der Waals surface area contributed by atoms with Gasteiger partial charge in [0.25, 0.3) is 0 Å². The fourth-order valence-electron chi connectivity index (χ4n) is 4.27. The highest BCUT2D eigenvalue weighted by Gasteiger charge is 2.42. The Hall–Kier alpha value is -4.50. The third-order valence-electron chi connectivity index (χ3n) is 6.66. The first kappa shape index (κ1) is 34.0. The predicted octanol–water partition coefficient (Wildman–Crippen LogP) is 5.16. The van der Waals surface area contributed by atoms with Crippen molar-refractivity contribution in [1.29, 1.82) is 0 Å². The first-order valence-electron chi connectivity index (χ1n) is 14.6. The molecule has 0 saturated heterocycles. The van der Waals surface area contributed by atoms with E-state index < -0.39 is 46.9 Å². The zero-order valence-corrected chi connectivity index (χ0v) is 26.0. The van der Waals surface area contributed by atoms with Gasteiger partial charge in [0.15, 0.2) is 5.78 Å². The molecule has 3 rings (SSSR count). The lowest BCUT2D eigenvalue weighted by molar-refractivity contribution is -0.160. The monoisotopic (exact) mass is 602 g/mol. The minimum atomic E-state index is -1.58. The van der Waals surface area contributed by atoms with E-state index in [1.54, 1.807) is 20.8 Å². The summed E-state index contributed by atoms with van der Waals surface area (Å²) in [6.45, 7) is 8.11. The molecule has 44 heavy (non-hydrogen) atoms. The average molecular weight is 603 g/mol. The van der Waals surface area contributed by atoms with E-state index in [0.717, 1.165) is 16.7 Å². The molecular formula is C35H42N2O7. The van der Waals surface area contributed by atoms with Crippen LogP contribution < -0.4 is 10.6 Å². The first-order chi connectivity index (χ1) is 20.8. The van der Waals surface area contributed by atoms with Crippen LogP contribution in [0.5, 0.6) is 0 Å². The molecule has 0 radical (unpaired) electrons. The molecule has 234 valence electrons. The highest BCUT2D eigenvalue weighted by atomic mass is 16.6. The Kier molecular flexibility index (Phi) is 12.2. The molecule has 0 aliphatic carbocycles. The van der Waals surface area contributed by atoms with E-state index in [4.69, 9.17) is 14.2 Å². The maximum atomic E-state index is 13.9. The van der Waals surface area contributed by atoms with Crippen LogP contribution in [-0.2, 0) is 48.2 Å². The Morgan fingerprint density at radius 2 is 1.16 bits per heavy atom. The minimum Gasteiger partial charge on any atom is -0.460 e. The van der Waals surface area contributed by atoms with Crippen LogP contribution in [0.2, 0.25) is 0 Å². The van der Waals surface area contributed by atoms with E-state index in [1.807, 2.05) is 91.0 Å². The van der Waals surface area contributed by atoms with Gasteiger partial charge in [0, 0.05) is 0 Å². The second kappa shape index (κ2) is 15.8. The standard InChI is InChI=1S/C35H42N2O7/c1-34(2,3)44-33(41)37-29(24-42-22-26-17-11-7-12-18-26)31(39)36-28(21-25-15-9-6-10-16-25)30(38)35(4,5)32(40)43-23-27-19-13-8-14-20-27/h6-20,28-29H,21-24H2,1-5H3,(H,36,39)(H,37,41)/t28-,29-/m0/s1. The highest BCUT2D eigenvalue weighted by molar-refractivity contribution is 6.07. The fourth-order valence-corrected chi connectivity index (χ4v) is 4.27. The molecule has 0 aliphatic rings. The summed E-state index contributed by atoms with van der Waals surface area (Å²) in [6.07, 6.45) is -0.693. The number of rotatable bonds is 14. The summed E-state index contributed by atoms with van der Waals surface area (Å²) in [6, 6.07) is 25.4. The Morgan fingerprint density at radius 3 is 1.68 bits per heavy atom. The molecule has 0 saturated carbocycles. The third-order valence-corrected chi connectivity index (χ3v) is 6.66. The van der Waals surface area contributed by atoms with Crippen molar-refractivity contribution >= 4 is 23.8 Å². The van der Waals surface area contributed by atoms with E-state index in [2.05, 4.69) is 10.6 Å². The van der Waals surface area contributed by atoms with Crippen LogP contribution in [0.4, 0.5) is 4.79 Å². The van der Waals surface area contributed by atoms with Gasteiger partial charge in [-0.1, -0.05) is 91.0 Å².